The Morgan fingerprint density at radius 2 is 2.00 bits per heavy atom. The van der Waals surface area contributed by atoms with Gasteiger partial charge in [0.05, 0.1) is 13.3 Å². The molecule has 0 bridgehead atoms. The van der Waals surface area contributed by atoms with Crippen LogP contribution in [0.4, 0.5) is 0 Å². The summed E-state index contributed by atoms with van der Waals surface area (Å²) in [5.41, 5.74) is 2.24. The van der Waals surface area contributed by atoms with E-state index < -0.39 is 0 Å². The first-order chi connectivity index (χ1) is 10.2. The van der Waals surface area contributed by atoms with Gasteiger partial charge >= 0.3 is 0 Å². The minimum atomic E-state index is 0.698. The van der Waals surface area contributed by atoms with Crippen LogP contribution in [-0.2, 0) is 6.54 Å². The standard InChI is InChI=1S/C17H22N2O2/c1-4-7-18-10-14-9-15(12-19-11-14)21-16-6-5-13(2)8-17(16)20-3/h5-6,8-9,11-12,18H,4,7,10H2,1-3H3. The highest BCUT2D eigenvalue weighted by atomic mass is 16.5. The second kappa shape index (κ2) is 7.64. The van der Waals surface area contributed by atoms with E-state index >= 15 is 0 Å². The Bertz CT molecular complexity index is 585. The van der Waals surface area contributed by atoms with E-state index in [0.717, 1.165) is 36.4 Å². The summed E-state index contributed by atoms with van der Waals surface area (Å²) in [5, 5.41) is 3.35. The van der Waals surface area contributed by atoms with Gasteiger partial charge < -0.3 is 14.8 Å². The largest absolute Gasteiger partial charge is 0.493 e. The molecule has 1 aromatic heterocycles. The normalized spacial score (nSPS) is 10.4. The van der Waals surface area contributed by atoms with Crippen LogP contribution < -0.4 is 14.8 Å². The van der Waals surface area contributed by atoms with Crippen molar-refractivity contribution in [3.63, 3.8) is 0 Å². The Labute approximate surface area is 126 Å². The van der Waals surface area contributed by atoms with Crippen molar-refractivity contribution >= 4 is 0 Å². The lowest BCUT2D eigenvalue weighted by Gasteiger charge is -2.11. The molecule has 0 spiro atoms. The SMILES string of the molecule is CCCNCc1cncc(Oc2ccc(C)cc2OC)c1. The maximum atomic E-state index is 5.89. The highest BCUT2D eigenvalue weighted by Gasteiger charge is 2.06. The molecule has 0 unspecified atom stereocenters. The lowest BCUT2D eigenvalue weighted by Crippen LogP contribution is -2.13. The summed E-state index contributed by atoms with van der Waals surface area (Å²) in [5.74, 6) is 2.14. The molecule has 1 N–H and O–H groups in total. The van der Waals surface area contributed by atoms with Gasteiger partial charge in [-0.05, 0) is 49.2 Å². The van der Waals surface area contributed by atoms with Gasteiger partial charge in [-0.15, -0.1) is 0 Å². The first kappa shape index (κ1) is 15.3. The third-order valence-electron chi connectivity index (χ3n) is 3.07. The van der Waals surface area contributed by atoms with Gasteiger partial charge in [0, 0.05) is 12.7 Å². The van der Waals surface area contributed by atoms with Gasteiger partial charge in [0.25, 0.3) is 0 Å². The highest BCUT2D eigenvalue weighted by Crippen LogP contribution is 2.32. The van der Waals surface area contributed by atoms with E-state index in [1.165, 1.54) is 0 Å². The van der Waals surface area contributed by atoms with Gasteiger partial charge in [-0.3, -0.25) is 4.98 Å². The third-order valence-corrected chi connectivity index (χ3v) is 3.07. The molecule has 2 rings (SSSR count). The number of benzene rings is 1. The zero-order valence-corrected chi connectivity index (χ0v) is 12.8. The zero-order valence-electron chi connectivity index (χ0n) is 12.8. The second-order valence-corrected chi connectivity index (χ2v) is 4.96. The number of rotatable bonds is 7. The van der Waals surface area contributed by atoms with Crippen LogP contribution in [-0.4, -0.2) is 18.6 Å². The molecule has 0 aliphatic carbocycles. The third kappa shape index (κ3) is 4.46. The molecule has 0 atom stereocenters. The number of aryl methyl sites for hydroxylation is 1. The Kier molecular flexibility index (Phi) is 5.58. The Morgan fingerprint density at radius 3 is 2.76 bits per heavy atom. The van der Waals surface area contributed by atoms with Crippen molar-refractivity contribution < 1.29 is 9.47 Å². The molecule has 112 valence electrons. The summed E-state index contributed by atoms with van der Waals surface area (Å²) in [6.45, 7) is 5.96. The minimum absolute atomic E-state index is 0.698. The van der Waals surface area contributed by atoms with E-state index in [1.807, 2.05) is 37.4 Å². The van der Waals surface area contributed by atoms with Gasteiger partial charge in [0.15, 0.2) is 11.5 Å². The molecule has 0 fully saturated rings. The molecule has 0 aliphatic heterocycles. The van der Waals surface area contributed by atoms with Crippen molar-refractivity contribution in [3.8, 4) is 17.2 Å². The number of pyridine rings is 1. The van der Waals surface area contributed by atoms with Crippen LogP contribution in [0, 0.1) is 6.92 Å². The molecular weight excluding hydrogens is 264 g/mol. The van der Waals surface area contributed by atoms with Crippen molar-refractivity contribution in [1.29, 1.82) is 0 Å². The van der Waals surface area contributed by atoms with Crippen LogP contribution >= 0.6 is 0 Å². The van der Waals surface area contributed by atoms with Crippen LogP contribution in [0.1, 0.15) is 24.5 Å². The molecule has 4 nitrogen and oxygen atoms in total. The number of aromatic nitrogens is 1. The van der Waals surface area contributed by atoms with Crippen LogP contribution in [0.3, 0.4) is 0 Å². The fourth-order valence-electron chi connectivity index (χ4n) is 2.01. The van der Waals surface area contributed by atoms with E-state index in [2.05, 4.69) is 17.2 Å². The number of hydrogen-bond donors (Lipinski definition) is 1. The topological polar surface area (TPSA) is 43.4 Å². The lowest BCUT2D eigenvalue weighted by molar-refractivity contribution is 0.378. The van der Waals surface area contributed by atoms with E-state index in [4.69, 9.17) is 9.47 Å². The zero-order chi connectivity index (χ0) is 15.1. The average molecular weight is 286 g/mol. The van der Waals surface area contributed by atoms with Crippen LogP contribution in [0.5, 0.6) is 17.2 Å². The van der Waals surface area contributed by atoms with Crippen molar-refractivity contribution in [3.05, 3.63) is 47.8 Å². The summed E-state index contributed by atoms with van der Waals surface area (Å²) < 4.78 is 11.2. The van der Waals surface area contributed by atoms with Crippen LogP contribution in [0.15, 0.2) is 36.7 Å². The molecular formula is C17H22N2O2. The Morgan fingerprint density at radius 1 is 1.14 bits per heavy atom. The van der Waals surface area contributed by atoms with Gasteiger partial charge in [0.2, 0.25) is 0 Å². The summed E-state index contributed by atoms with van der Waals surface area (Å²) >= 11 is 0. The molecule has 0 saturated heterocycles. The summed E-state index contributed by atoms with van der Waals surface area (Å²) in [4.78, 5) is 4.23. The van der Waals surface area contributed by atoms with Gasteiger partial charge in [0.1, 0.15) is 5.75 Å². The van der Waals surface area contributed by atoms with Crippen LogP contribution in [0.2, 0.25) is 0 Å². The van der Waals surface area contributed by atoms with Gasteiger partial charge in [-0.2, -0.15) is 0 Å². The van der Waals surface area contributed by atoms with Crippen molar-refractivity contribution in [2.24, 2.45) is 0 Å². The molecule has 0 radical (unpaired) electrons. The molecule has 0 aliphatic rings. The molecule has 1 aromatic carbocycles. The van der Waals surface area contributed by atoms with Crippen molar-refractivity contribution in [2.75, 3.05) is 13.7 Å². The summed E-state index contributed by atoms with van der Waals surface area (Å²) in [6.07, 6.45) is 4.68. The smallest absolute Gasteiger partial charge is 0.169 e. The first-order valence-corrected chi connectivity index (χ1v) is 7.20. The average Bonchev–Trinajstić information content (AvgIpc) is 2.50. The van der Waals surface area contributed by atoms with Gasteiger partial charge in [-0.1, -0.05) is 13.0 Å². The number of nitrogens with one attached hydrogen (secondary N) is 1. The summed E-state index contributed by atoms with van der Waals surface area (Å²) in [7, 11) is 1.64. The highest BCUT2D eigenvalue weighted by molar-refractivity contribution is 5.45. The number of methoxy groups -OCH3 is 1. The fraction of sp³-hybridized carbons (Fsp3) is 0.353. The lowest BCUT2D eigenvalue weighted by atomic mass is 10.2. The summed E-state index contributed by atoms with van der Waals surface area (Å²) in [6, 6.07) is 7.86. The minimum Gasteiger partial charge on any atom is -0.493 e. The molecule has 0 amide bonds. The molecule has 2 aromatic rings. The molecule has 4 heteroatoms. The van der Waals surface area contributed by atoms with Crippen LogP contribution in [0.25, 0.3) is 0 Å². The number of ether oxygens (including phenoxy) is 2. The van der Waals surface area contributed by atoms with E-state index in [9.17, 15) is 0 Å². The monoisotopic (exact) mass is 286 g/mol. The maximum absolute atomic E-state index is 5.89. The Balaban J connectivity index is 2.10. The second-order valence-electron chi connectivity index (χ2n) is 4.96. The number of nitrogens with zero attached hydrogens (tertiary/aromatic N) is 1. The van der Waals surface area contributed by atoms with Crippen molar-refractivity contribution in [2.45, 2.75) is 26.8 Å². The predicted octanol–water partition coefficient (Wildman–Crippen LogP) is 3.69. The number of hydrogen-bond acceptors (Lipinski definition) is 4. The van der Waals surface area contributed by atoms with E-state index in [-0.39, 0.29) is 0 Å². The van der Waals surface area contributed by atoms with E-state index in [1.54, 1.807) is 13.3 Å². The molecule has 1 heterocycles. The fourth-order valence-corrected chi connectivity index (χ4v) is 2.01. The molecule has 21 heavy (non-hydrogen) atoms. The maximum Gasteiger partial charge on any atom is 0.169 e. The first-order valence-electron chi connectivity index (χ1n) is 7.20. The Hall–Kier alpha value is -2.07. The quantitative estimate of drug-likeness (QED) is 0.788. The van der Waals surface area contributed by atoms with Gasteiger partial charge in [-0.25, -0.2) is 0 Å². The van der Waals surface area contributed by atoms with E-state index in [0.29, 0.717) is 11.5 Å². The van der Waals surface area contributed by atoms with Crippen molar-refractivity contribution in [1.82, 2.24) is 10.3 Å². The molecule has 0 saturated carbocycles. The predicted molar refractivity (Wildman–Crippen MR) is 84.0 cm³/mol.